The Labute approximate surface area is 200 Å². The Morgan fingerprint density at radius 2 is 1.91 bits per heavy atom. The molecule has 0 bridgehead atoms. The van der Waals surface area contributed by atoms with Crippen molar-refractivity contribution in [1.29, 1.82) is 0 Å². The van der Waals surface area contributed by atoms with E-state index in [0.29, 0.717) is 90.6 Å². The zero-order valence-electron chi connectivity index (χ0n) is 18.5. The summed E-state index contributed by atoms with van der Waals surface area (Å²) in [5.41, 5.74) is 1.73. The van der Waals surface area contributed by atoms with Gasteiger partial charge >= 0.3 is 0 Å². The lowest BCUT2D eigenvalue weighted by atomic mass is 10.1. The minimum absolute atomic E-state index is 0.0955. The largest absolute Gasteiger partial charge is 0.485 e. The number of nitrogens with one attached hydrogen (secondary N) is 3. The van der Waals surface area contributed by atoms with E-state index >= 15 is 0 Å². The van der Waals surface area contributed by atoms with Gasteiger partial charge in [0.1, 0.15) is 24.7 Å². The molecular formula is C23H25ClN6O4. The van der Waals surface area contributed by atoms with E-state index in [0.717, 1.165) is 11.9 Å². The lowest BCUT2D eigenvalue weighted by molar-refractivity contribution is 0.0298. The van der Waals surface area contributed by atoms with Gasteiger partial charge in [-0.2, -0.15) is 9.97 Å². The van der Waals surface area contributed by atoms with Crippen molar-refractivity contribution in [2.45, 2.75) is 12.8 Å². The Bertz CT molecular complexity index is 1240. The first-order valence-electron chi connectivity index (χ1n) is 11.5. The third-order valence-electron chi connectivity index (χ3n) is 6.20. The van der Waals surface area contributed by atoms with Gasteiger partial charge in [-0.1, -0.05) is 11.6 Å². The van der Waals surface area contributed by atoms with Crippen molar-refractivity contribution < 1.29 is 19.0 Å². The maximum absolute atomic E-state index is 13.1. The van der Waals surface area contributed by atoms with Gasteiger partial charge in [-0.05, 0) is 30.9 Å². The summed E-state index contributed by atoms with van der Waals surface area (Å²) in [6.45, 7) is 3.78. The molecule has 1 aliphatic carbocycles. The molecule has 2 aliphatic heterocycles. The number of rotatable bonds is 6. The van der Waals surface area contributed by atoms with Crippen LogP contribution in [-0.4, -0.2) is 71.8 Å². The number of benzene rings is 1. The predicted molar refractivity (Wildman–Crippen MR) is 128 cm³/mol. The molecule has 178 valence electrons. The summed E-state index contributed by atoms with van der Waals surface area (Å²) in [7, 11) is 0. The number of carbonyl (C=O) groups is 1. The van der Waals surface area contributed by atoms with E-state index in [9.17, 15) is 4.79 Å². The van der Waals surface area contributed by atoms with Gasteiger partial charge in [0.25, 0.3) is 5.91 Å². The molecule has 0 unspecified atom stereocenters. The van der Waals surface area contributed by atoms with Gasteiger partial charge in [0.15, 0.2) is 11.5 Å². The van der Waals surface area contributed by atoms with E-state index < -0.39 is 0 Å². The molecule has 6 rings (SSSR count). The van der Waals surface area contributed by atoms with Crippen molar-refractivity contribution in [2.75, 3.05) is 56.7 Å². The Morgan fingerprint density at radius 3 is 2.71 bits per heavy atom. The number of amides is 1. The van der Waals surface area contributed by atoms with Crippen molar-refractivity contribution in [3.05, 3.63) is 28.9 Å². The smallest absolute Gasteiger partial charge is 0.257 e. The van der Waals surface area contributed by atoms with Crippen LogP contribution in [0.4, 0.5) is 17.5 Å². The normalized spacial score (nSPS) is 17.6. The van der Waals surface area contributed by atoms with E-state index in [4.69, 9.17) is 25.8 Å². The van der Waals surface area contributed by atoms with E-state index in [1.165, 1.54) is 12.8 Å². The molecule has 11 heteroatoms. The molecular weight excluding hydrogens is 460 g/mol. The molecule has 3 N–H and O–H groups in total. The second-order valence-corrected chi connectivity index (χ2v) is 9.03. The molecule has 4 heterocycles. The number of morpholine rings is 1. The van der Waals surface area contributed by atoms with Gasteiger partial charge in [0, 0.05) is 25.8 Å². The predicted octanol–water partition coefficient (Wildman–Crippen LogP) is 3.42. The highest BCUT2D eigenvalue weighted by molar-refractivity contribution is 6.36. The summed E-state index contributed by atoms with van der Waals surface area (Å²) in [6, 6.07) is 3.55. The number of anilines is 3. The molecule has 1 aromatic carbocycles. The number of ether oxygens (including phenoxy) is 3. The van der Waals surface area contributed by atoms with Crippen LogP contribution in [0, 0.1) is 5.92 Å². The van der Waals surface area contributed by atoms with Gasteiger partial charge in [0.05, 0.1) is 34.9 Å². The molecule has 2 fully saturated rings. The lowest BCUT2D eigenvalue weighted by Crippen LogP contribution is -2.41. The van der Waals surface area contributed by atoms with Crippen LogP contribution in [0.2, 0.25) is 5.02 Å². The number of fused-ring (bicyclic) bond motifs is 2. The van der Waals surface area contributed by atoms with Crippen molar-refractivity contribution in [2.24, 2.45) is 5.92 Å². The summed E-state index contributed by atoms with van der Waals surface area (Å²) >= 11 is 6.38. The van der Waals surface area contributed by atoms with Crippen LogP contribution in [0.15, 0.2) is 18.3 Å². The monoisotopic (exact) mass is 484 g/mol. The van der Waals surface area contributed by atoms with Gasteiger partial charge in [-0.15, -0.1) is 0 Å². The molecule has 3 aliphatic rings. The maximum Gasteiger partial charge on any atom is 0.257 e. The van der Waals surface area contributed by atoms with Crippen molar-refractivity contribution >= 4 is 46.0 Å². The summed E-state index contributed by atoms with van der Waals surface area (Å²) < 4.78 is 17.2. The third-order valence-corrected chi connectivity index (χ3v) is 6.50. The molecule has 3 aromatic rings. The van der Waals surface area contributed by atoms with Gasteiger partial charge < -0.3 is 34.7 Å². The summed E-state index contributed by atoms with van der Waals surface area (Å²) in [5.74, 6) is 2.55. The molecule has 10 nitrogen and oxygen atoms in total. The zero-order valence-corrected chi connectivity index (χ0v) is 19.3. The van der Waals surface area contributed by atoms with Crippen LogP contribution in [-0.2, 0) is 4.74 Å². The van der Waals surface area contributed by atoms with E-state index in [-0.39, 0.29) is 5.91 Å². The molecule has 0 atom stereocenters. The molecule has 1 amide bonds. The zero-order chi connectivity index (χ0) is 23.1. The van der Waals surface area contributed by atoms with E-state index in [2.05, 4.69) is 25.6 Å². The minimum Gasteiger partial charge on any atom is -0.485 e. The molecule has 0 spiro atoms. The van der Waals surface area contributed by atoms with E-state index in [1.807, 2.05) is 0 Å². The number of aromatic nitrogens is 3. The van der Waals surface area contributed by atoms with Crippen LogP contribution in [0.25, 0.3) is 11.0 Å². The molecule has 2 aromatic heterocycles. The number of aromatic amines is 1. The maximum atomic E-state index is 13.1. The summed E-state index contributed by atoms with van der Waals surface area (Å²) in [4.78, 5) is 27.3. The lowest BCUT2D eigenvalue weighted by Gasteiger charge is -2.29. The standard InChI is InChI=1S/C23H25ClN6O4/c24-15-12-26-21-17(15)20(25-11-13-1-2-13)28-23(29-21)27-16-4-3-14(18-19(16)34-10-9-33-18)22(31)30-5-7-32-8-6-30/h3-4,12-13H,1-2,5-11H2,(H3,25,26,27,28,29). The number of hydrogen-bond acceptors (Lipinski definition) is 8. The molecule has 1 saturated carbocycles. The first kappa shape index (κ1) is 21.3. The van der Waals surface area contributed by atoms with Crippen LogP contribution in [0.3, 0.4) is 0 Å². The Hall–Kier alpha value is -3.24. The van der Waals surface area contributed by atoms with Gasteiger partial charge in [-0.25, -0.2) is 0 Å². The number of nitrogens with zero attached hydrogens (tertiary/aromatic N) is 3. The number of halogens is 1. The average Bonchev–Trinajstić information content (AvgIpc) is 3.64. The van der Waals surface area contributed by atoms with E-state index in [1.54, 1.807) is 23.2 Å². The Kier molecular flexibility index (Phi) is 5.54. The Morgan fingerprint density at radius 1 is 1.12 bits per heavy atom. The first-order chi connectivity index (χ1) is 16.7. The quantitative estimate of drug-likeness (QED) is 0.487. The number of carbonyl (C=O) groups excluding carboxylic acids is 1. The van der Waals surface area contributed by atoms with Crippen LogP contribution in [0.1, 0.15) is 23.2 Å². The highest BCUT2D eigenvalue weighted by Gasteiger charge is 2.28. The highest BCUT2D eigenvalue weighted by Crippen LogP contribution is 2.42. The number of hydrogen-bond donors (Lipinski definition) is 3. The molecule has 0 radical (unpaired) electrons. The summed E-state index contributed by atoms with van der Waals surface area (Å²) in [5, 5.41) is 8.00. The second kappa shape index (κ2) is 8.84. The first-order valence-corrected chi connectivity index (χ1v) is 11.9. The topological polar surface area (TPSA) is 114 Å². The fraction of sp³-hybridized carbons (Fsp3) is 0.435. The van der Waals surface area contributed by atoms with Gasteiger partial charge in [-0.3, -0.25) is 4.79 Å². The fourth-order valence-corrected chi connectivity index (χ4v) is 4.44. The van der Waals surface area contributed by atoms with Crippen LogP contribution < -0.4 is 20.1 Å². The van der Waals surface area contributed by atoms with Crippen LogP contribution in [0.5, 0.6) is 11.5 Å². The van der Waals surface area contributed by atoms with Crippen LogP contribution >= 0.6 is 11.6 Å². The SMILES string of the molecule is O=C(c1ccc(Nc2nc(NCC3CC3)c3c(Cl)c[nH]c3n2)c2c1OCCO2)N1CCOCC1. The van der Waals surface area contributed by atoms with Crippen molar-refractivity contribution in [3.8, 4) is 11.5 Å². The fourth-order valence-electron chi connectivity index (χ4n) is 4.20. The Balaban J connectivity index is 1.32. The highest BCUT2D eigenvalue weighted by atomic mass is 35.5. The third kappa shape index (κ3) is 4.07. The van der Waals surface area contributed by atoms with Crippen molar-refractivity contribution in [3.63, 3.8) is 0 Å². The van der Waals surface area contributed by atoms with Crippen molar-refractivity contribution in [1.82, 2.24) is 19.9 Å². The van der Waals surface area contributed by atoms with Gasteiger partial charge in [0.2, 0.25) is 5.95 Å². The molecule has 1 saturated heterocycles. The summed E-state index contributed by atoms with van der Waals surface area (Å²) in [6.07, 6.45) is 4.16. The average molecular weight is 485 g/mol. The number of H-pyrrole nitrogens is 1. The second-order valence-electron chi connectivity index (χ2n) is 8.63. The molecule has 34 heavy (non-hydrogen) atoms. The minimum atomic E-state index is -0.0955.